The second-order valence-electron chi connectivity index (χ2n) is 4.28. The number of alkyl halides is 3. The highest BCUT2D eigenvalue weighted by molar-refractivity contribution is 5.92. The van der Waals surface area contributed by atoms with Gasteiger partial charge >= 0.3 is 6.18 Å². The summed E-state index contributed by atoms with van der Waals surface area (Å²) in [5.41, 5.74) is 0.0150. The molecule has 0 aliphatic heterocycles. The van der Waals surface area contributed by atoms with Gasteiger partial charge in [0.15, 0.2) is 0 Å². The molecule has 1 N–H and O–H groups in total. The van der Waals surface area contributed by atoms with E-state index in [1.165, 1.54) is 6.07 Å². The van der Waals surface area contributed by atoms with Crippen molar-refractivity contribution in [3.8, 4) is 0 Å². The minimum atomic E-state index is -4.41. The van der Waals surface area contributed by atoms with Crippen LogP contribution in [-0.2, 0) is 0 Å². The average Bonchev–Trinajstić information content (AvgIpc) is 2.36. The van der Waals surface area contributed by atoms with Gasteiger partial charge in [-0.2, -0.15) is 13.2 Å². The topological polar surface area (TPSA) is 45.2 Å². The molecule has 1 aromatic rings. The van der Waals surface area contributed by atoms with E-state index in [4.69, 9.17) is 0 Å². The molecule has 0 unspecified atom stereocenters. The number of carbonyl (C=O) groups excluding carboxylic acids is 1. The summed E-state index contributed by atoms with van der Waals surface area (Å²) in [6, 6.07) is 4.67. The van der Waals surface area contributed by atoms with Crippen molar-refractivity contribution in [2.75, 3.05) is 25.0 Å². The Kier molecular flexibility index (Phi) is 5.79. The zero-order valence-corrected chi connectivity index (χ0v) is 11.5. The van der Waals surface area contributed by atoms with Crippen LogP contribution in [0.2, 0.25) is 0 Å². The minimum Gasteiger partial charge on any atom is -0.370 e. The normalized spacial score (nSPS) is 11.2. The van der Waals surface area contributed by atoms with Crippen molar-refractivity contribution < 1.29 is 18.0 Å². The van der Waals surface area contributed by atoms with E-state index in [1.54, 1.807) is 19.1 Å². The maximum Gasteiger partial charge on any atom is 0.406 e. The number of amides is 1. The summed E-state index contributed by atoms with van der Waals surface area (Å²) in [6.45, 7) is 2.99. The maximum absolute atomic E-state index is 12.5. The van der Waals surface area contributed by atoms with Gasteiger partial charge in [-0.3, -0.25) is 4.79 Å². The van der Waals surface area contributed by atoms with Crippen molar-refractivity contribution in [3.05, 3.63) is 23.9 Å². The number of halogens is 3. The molecule has 1 heterocycles. The quantitative estimate of drug-likeness (QED) is 0.875. The highest BCUT2D eigenvalue weighted by Crippen LogP contribution is 2.18. The Bertz CT molecular complexity index is 449. The van der Waals surface area contributed by atoms with Gasteiger partial charge < -0.3 is 10.2 Å². The molecular weight excluding hydrogens is 271 g/mol. The van der Waals surface area contributed by atoms with Crippen molar-refractivity contribution >= 4 is 11.7 Å². The molecule has 7 heteroatoms. The van der Waals surface area contributed by atoms with Crippen LogP contribution in [0.3, 0.4) is 0 Å². The number of nitrogens with one attached hydrogen (secondary N) is 1. The van der Waals surface area contributed by atoms with E-state index in [0.717, 1.165) is 4.90 Å². The molecule has 0 aliphatic rings. The third-order valence-electron chi connectivity index (χ3n) is 2.48. The van der Waals surface area contributed by atoms with Crippen molar-refractivity contribution in [1.82, 2.24) is 9.88 Å². The lowest BCUT2D eigenvalue weighted by atomic mass is 10.3. The number of aromatic nitrogens is 1. The van der Waals surface area contributed by atoms with Gasteiger partial charge in [-0.05, 0) is 25.5 Å². The van der Waals surface area contributed by atoms with Crippen LogP contribution >= 0.6 is 0 Å². The van der Waals surface area contributed by atoms with Gasteiger partial charge in [-0.1, -0.05) is 13.0 Å². The van der Waals surface area contributed by atoms with Crippen LogP contribution in [0.25, 0.3) is 0 Å². The van der Waals surface area contributed by atoms with Crippen LogP contribution in [0.15, 0.2) is 18.2 Å². The van der Waals surface area contributed by atoms with Crippen molar-refractivity contribution in [3.63, 3.8) is 0 Å². The standard InChI is InChI=1S/C13H18F3N3O/c1-3-8-19(9-13(14,15)16)12(20)10-6-5-7-11(18-10)17-4-2/h5-7H,3-4,8-9H2,1-2H3,(H,17,18). The Morgan fingerprint density at radius 2 is 2.05 bits per heavy atom. The van der Waals surface area contributed by atoms with Crippen LogP contribution in [0.4, 0.5) is 19.0 Å². The molecular formula is C13H18F3N3O. The Morgan fingerprint density at radius 1 is 1.35 bits per heavy atom. The lowest BCUT2D eigenvalue weighted by Gasteiger charge is -2.23. The predicted molar refractivity (Wildman–Crippen MR) is 70.7 cm³/mol. The van der Waals surface area contributed by atoms with E-state index in [2.05, 4.69) is 10.3 Å². The predicted octanol–water partition coefficient (Wildman–Crippen LogP) is 2.93. The minimum absolute atomic E-state index is 0.0150. The SMILES string of the molecule is CCCN(CC(F)(F)F)C(=O)c1cccc(NCC)n1. The number of hydrogen-bond acceptors (Lipinski definition) is 3. The average molecular weight is 289 g/mol. The van der Waals surface area contributed by atoms with Crippen molar-refractivity contribution in [1.29, 1.82) is 0 Å². The fourth-order valence-corrected chi connectivity index (χ4v) is 1.73. The molecule has 1 aromatic heterocycles. The van der Waals surface area contributed by atoms with Gasteiger partial charge in [0, 0.05) is 13.1 Å². The summed E-state index contributed by atoms with van der Waals surface area (Å²) in [5, 5.41) is 2.92. The molecule has 0 saturated carbocycles. The summed E-state index contributed by atoms with van der Waals surface area (Å²) < 4.78 is 37.4. The van der Waals surface area contributed by atoms with Crippen molar-refractivity contribution in [2.24, 2.45) is 0 Å². The van der Waals surface area contributed by atoms with E-state index in [-0.39, 0.29) is 12.2 Å². The molecule has 0 aromatic carbocycles. The molecule has 0 aliphatic carbocycles. The fourth-order valence-electron chi connectivity index (χ4n) is 1.73. The first-order valence-electron chi connectivity index (χ1n) is 6.44. The van der Waals surface area contributed by atoms with Crippen molar-refractivity contribution in [2.45, 2.75) is 26.4 Å². The summed E-state index contributed by atoms with van der Waals surface area (Å²) in [5.74, 6) is -0.231. The van der Waals surface area contributed by atoms with Crippen LogP contribution in [0.5, 0.6) is 0 Å². The van der Waals surface area contributed by atoms with E-state index in [1.807, 2.05) is 6.92 Å². The lowest BCUT2D eigenvalue weighted by Crippen LogP contribution is -2.39. The second-order valence-corrected chi connectivity index (χ2v) is 4.28. The monoisotopic (exact) mass is 289 g/mol. The highest BCUT2D eigenvalue weighted by atomic mass is 19.4. The van der Waals surface area contributed by atoms with Gasteiger partial charge in [0.25, 0.3) is 5.91 Å². The highest BCUT2D eigenvalue weighted by Gasteiger charge is 2.33. The molecule has 0 saturated heterocycles. The first-order chi connectivity index (χ1) is 9.37. The largest absolute Gasteiger partial charge is 0.406 e. The first-order valence-corrected chi connectivity index (χ1v) is 6.44. The van der Waals surface area contributed by atoms with Crippen LogP contribution in [-0.4, -0.2) is 41.6 Å². The smallest absolute Gasteiger partial charge is 0.370 e. The maximum atomic E-state index is 12.5. The number of rotatable bonds is 6. The number of hydrogen-bond donors (Lipinski definition) is 1. The van der Waals surface area contributed by atoms with Crippen LogP contribution in [0.1, 0.15) is 30.8 Å². The lowest BCUT2D eigenvalue weighted by molar-refractivity contribution is -0.140. The molecule has 4 nitrogen and oxygen atoms in total. The van der Waals surface area contributed by atoms with E-state index < -0.39 is 18.6 Å². The summed E-state index contributed by atoms with van der Waals surface area (Å²) in [4.78, 5) is 16.9. The Labute approximate surface area is 116 Å². The van der Waals surface area contributed by atoms with E-state index >= 15 is 0 Å². The summed E-state index contributed by atoms with van der Waals surface area (Å²) in [6.07, 6.45) is -3.96. The van der Waals surface area contributed by atoms with Gasteiger partial charge in [-0.25, -0.2) is 4.98 Å². The zero-order valence-electron chi connectivity index (χ0n) is 11.5. The molecule has 0 fully saturated rings. The molecule has 112 valence electrons. The Balaban J connectivity index is 2.91. The first kappa shape index (κ1) is 16.3. The number of carbonyl (C=O) groups is 1. The van der Waals surface area contributed by atoms with Crippen LogP contribution in [0, 0.1) is 0 Å². The number of anilines is 1. The molecule has 0 radical (unpaired) electrons. The summed E-state index contributed by atoms with van der Waals surface area (Å²) >= 11 is 0. The Morgan fingerprint density at radius 3 is 2.60 bits per heavy atom. The molecule has 0 bridgehead atoms. The molecule has 1 amide bonds. The van der Waals surface area contributed by atoms with Crippen LogP contribution < -0.4 is 5.32 Å². The van der Waals surface area contributed by atoms with E-state index in [0.29, 0.717) is 18.8 Å². The molecule has 20 heavy (non-hydrogen) atoms. The zero-order chi connectivity index (χ0) is 15.2. The molecule has 1 rings (SSSR count). The fraction of sp³-hybridized carbons (Fsp3) is 0.538. The molecule has 0 atom stereocenters. The van der Waals surface area contributed by atoms with Gasteiger partial charge in [0.1, 0.15) is 18.1 Å². The van der Waals surface area contributed by atoms with Gasteiger partial charge in [0.2, 0.25) is 0 Å². The number of nitrogens with zero attached hydrogens (tertiary/aromatic N) is 2. The Hall–Kier alpha value is -1.79. The third kappa shape index (κ3) is 5.07. The van der Waals surface area contributed by atoms with Gasteiger partial charge in [-0.15, -0.1) is 0 Å². The number of pyridine rings is 1. The second kappa shape index (κ2) is 7.12. The van der Waals surface area contributed by atoms with E-state index in [9.17, 15) is 18.0 Å². The third-order valence-corrected chi connectivity index (χ3v) is 2.48. The van der Waals surface area contributed by atoms with Gasteiger partial charge in [0.05, 0.1) is 0 Å². The summed E-state index contributed by atoms with van der Waals surface area (Å²) in [7, 11) is 0. The molecule has 0 spiro atoms.